The van der Waals surface area contributed by atoms with Gasteiger partial charge in [0.25, 0.3) is 5.91 Å². The van der Waals surface area contributed by atoms with Crippen LogP contribution >= 0.6 is 24.0 Å². The number of thiocarbonyl (C=S) groups is 1. The summed E-state index contributed by atoms with van der Waals surface area (Å²) in [6.45, 7) is 1.42. The fraction of sp³-hybridized carbons (Fsp3) is 0.400. The Hall–Kier alpha value is -1.80. The third kappa shape index (κ3) is 3.59. The van der Waals surface area contributed by atoms with Crippen molar-refractivity contribution in [3.63, 3.8) is 0 Å². The quantitative estimate of drug-likeness (QED) is 0.596. The number of anilines is 1. The van der Waals surface area contributed by atoms with Gasteiger partial charge in [-0.05, 0) is 25.3 Å². The molecule has 0 unspecified atom stereocenters. The van der Waals surface area contributed by atoms with E-state index in [2.05, 4.69) is 4.90 Å². The molecule has 0 saturated carbocycles. The molecule has 1 amide bonds. The van der Waals surface area contributed by atoms with Gasteiger partial charge in [-0.15, -0.1) is 0 Å². The molecule has 0 N–H and O–H groups in total. The second-order valence-corrected chi connectivity index (χ2v) is 7.04. The lowest BCUT2D eigenvalue weighted by Crippen LogP contribution is -2.40. The standard InChI is InChI=1S/C15H16N2O4S2/c18-13(19)9-17-14(20)11(23-15(17)22)8-10-4-5-12(21-10)16-6-2-1-3-7-16/h4-5,8H,1-3,6-7,9H2,(H,18,19)/p-1/b11-8-. The molecule has 0 bridgehead atoms. The first-order valence-electron chi connectivity index (χ1n) is 7.34. The summed E-state index contributed by atoms with van der Waals surface area (Å²) in [5.74, 6) is -0.422. The molecule has 2 fully saturated rings. The summed E-state index contributed by atoms with van der Waals surface area (Å²) in [5.41, 5.74) is 0. The summed E-state index contributed by atoms with van der Waals surface area (Å²) in [6, 6.07) is 3.69. The Labute approximate surface area is 143 Å². The van der Waals surface area contributed by atoms with Crippen molar-refractivity contribution in [1.82, 2.24) is 4.90 Å². The van der Waals surface area contributed by atoms with Crippen LogP contribution in [0.4, 0.5) is 5.88 Å². The number of thioether (sulfide) groups is 1. The Kier molecular flexibility index (Phi) is 4.72. The van der Waals surface area contributed by atoms with Crippen LogP contribution in [0.2, 0.25) is 0 Å². The van der Waals surface area contributed by atoms with Crippen molar-refractivity contribution in [2.75, 3.05) is 24.5 Å². The number of carboxylic acids is 1. The van der Waals surface area contributed by atoms with E-state index < -0.39 is 18.4 Å². The molecule has 0 atom stereocenters. The Morgan fingerprint density at radius 3 is 2.78 bits per heavy atom. The van der Waals surface area contributed by atoms with Crippen LogP contribution in [-0.4, -0.2) is 40.7 Å². The molecule has 0 spiro atoms. The van der Waals surface area contributed by atoms with Crippen LogP contribution in [0, 0.1) is 0 Å². The predicted molar refractivity (Wildman–Crippen MR) is 89.7 cm³/mol. The van der Waals surface area contributed by atoms with E-state index in [0.29, 0.717) is 10.7 Å². The lowest BCUT2D eigenvalue weighted by atomic mass is 10.1. The molecule has 8 heteroatoms. The van der Waals surface area contributed by atoms with Crippen molar-refractivity contribution >= 4 is 52.1 Å². The Bertz CT molecular complexity index is 677. The van der Waals surface area contributed by atoms with Gasteiger partial charge in [0.1, 0.15) is 10.1 Å². The lowest BCUT2D eigenvalue weighted by molar-refractivity contribution is -0.305. The van der Waals surface area contributed by atoms with Gasteiger partial charge in [-0.1, -0.05) is 24.0 Å². The topological polar surface area (TPSA) is 76.8 Å². The van der Waals surface area contributed by atoms with E-state index in [4.69, 9.17) is 16.6 Å². The van der Waals surface area contributed by atoms with Crippen LogP contribution in [0.15, 0.2) is 21.5 Å². The van der Waals surface area contributed by atoms with Crippen LogP contribution in [0.3, 0.4) is 0 Å². The number of hydrogen-bond donors (Lipinski definition) is 0. The Morgan fingerprint density at radius 2 is 2.09 bits per heavy atom. The van der Waals surface area contributed by atoms with Crippen molar-refractivity contribution in [1.29, 1.82) is 0 Å². The molecule has 0 aromatic carbocycles. The van der Waals surface area contributed by atoms with Gasteiger partial charge in [0.2, 0.25) is 0 Å². The van der Waals surface area contributed by atoms with Gasteiger partial charge >= 0.3 is 0 Å². The number of piperidine rings is 1. The molecule has 3 heterocycles. The largest absolute Gasteiger partial charge is 0.548 e. The summed E-state index contributed by atoms with van der Waals surface area (Å²) < 4.78 is 5.99. The molecule has 3 rings (SSSR count). The number of carboxylic acid groups (broad SMARTS) is 1. The molecule has 1 aromatic heterocycles. The van der Waals surface area contributed by atoms with E-state index in [1.807, 2.05) is 6.07 Å². The van der Waals surface area contributed by atoms with Gasteiger partial charge in [-0.3, -0.25) is 9.69 Å². The van der Waals surface area contributed by atoms with E-state index in [0.717, 1.165) is 48.5 Å². The molecule has 6 nitrogen and oxygen atoms in total. The lowest BCUT2D eigenvalue weighted by Gasteiger charge is -2.25. The zero-order valence-corrected chi connectivity index (χ0v) is 14.0. The Morgan fingerprint density at radius 1 is 1.35 bits per heavy atom. The Balaban J connectivity index is 1.74. The zero-order valence-electron chi connectivity index (χ0n) is 12.3. The molecule has 23 heavy (non-hydrogen) atoms. The molecule has 0 radical (unpaired) electrons. The summed E-state index contributed by atoms with van der Waals surface area (Å²) >= 11 is 6.10. The summed E-state index contributed by atoms with van der Waals surface area (Å²) in [6.07, 6.45) is 5.14. The van der Waals surface area contributed by atoms with Crippen LogP contribution in [0.1, 0.15) is 25.0 Å². The van der Waals surface area contributed by atoms with E-state index in [1.165, 1.54) is 6.42 Å². The fourth-order valence-electron chi connectivity index (χ4n) is 2.60. The molecule has 2 aliphatic heterocycles. The number of furan rings is 1. The first kappa shape index (κ1) is 16.1. The molecule has 0 aliphatic carbocycles. The van der Waals surface area contributed by atoms with Crippen molar-refractivity contribution < 1.29 is 19.1 Å². The number of rotatable bonds is 4. The first-order valence-corrected chi connectivity index (χ1v) is 8.57. The highest BCUT2D eigenvalue weighted by Gasteiger charge is 2.32. The number of hydrogen-bond acceptors (Lipinski definition) is 7. The number of carbonyl (C=O) groups excluding carboxylic acids is 2. The maximum atomic E-state index is 12.2. The van der Waals surface area contributed by atoms with Crippen LogP contribution < -0.4 is 10.0 Å². The highest BCUT2D eigenvalue weighted by atomic mass is 32.2. The molecule has 1 aromatic rings. The molecule has 2 aliphatic rings. The maximum Gasteiger partial charge on any atom is 0.266 e. The number of nitrogens with zero attached hydrogens (tertiary/aromatic N) is 2. The van der Waals surface area contributed by atoms with E-state index in [-0.39, 0.29) is 4.32 Å². The van der Waals surface area contributed by atoms with Crippen molar-refractivity contribution in [3.8, 4) is 0 Å². The average molecular weight is 351 g/mol. The van der Waals surface area contributed by atoms with Crippen molar-refractivity contribution in [3.05, 3.63) is 22.8 Å². The highest BCUT2D eigenvalue weighted by molar-refractivity contribution is 8.26. The number of aliphatic carboxylic acids is 1. The zero-order chi connectivity index (χ0) is 16.4. The molecular weight excluding hydrogens is 336 g/mol. The van der Waals surface area contributed by atoms with E-state index >= 15 is 0 Å². The number of carbonyl (C=O) groups is 2. The normalized spacial score (nSPS) is 20.6. The second kappa shape index (κ2) is 6.76. The van der Waals surface area contributed by atoms with Crippen LogP contribution in [0.25, 0.3) is 6.08 Å². The van der Waals surface area contributed by atoms with Crippen LogP contribution in [0.5, 0.6) is 0 Å². The van der Waals surface area contributed by atoms with Gasteiger partial charge in [0.15, 0.2) is 5.88 Å². The monoisotopic (exact) mass is 351 g/mol. The van der Waals surface area contributed by atoms with E-state index in [9.17, 15) is 14.7 Å². The minimum Gasteiger partial charge on any atom is -0.548 e. The van der Waals surface area contributed by atoms with Gasteiger partial charge < -0.3 is 19.2 Å². The third-order valence-electron chi connectivity index (χ3n) is 3.71. The average Bonchev–Trinajstić information content (AvgIpc) is 3.09. The molecule has 122 valence electrons. The van der Waals surface area contributed by atoms with Crippen molar-refractivity contribution in [2.24, 2.45) is 0 Å². The summed E-state index contributed by atoms with van der Waals surface area (Å²) in [5, 5.41) is 10.7. The van der Waals surface area contributed by atoms with Gasteiger partial charge in [-0.25, -0.2) is 0 Å². The second-order valence-electron chi connectivity index (χ2n) is 5.36. The third-order valence-corrected chi connectivity index (χ3v) is 5.09. The van der Waals surface area contributed by atoms with E-state index in [1.54, 1.807) is 12.1 Å². The predicted octanol–water partition coefficient (Wildman–Crippen LogP) is 1.22. The van der Waals surface area contributed by atoms with Gasteiger partial charge in [-0.2, -0.15) is 0 Å². The molecule has 2 saturated heterocycles. The summed E-state index contributed by atoms with van der Waals surface area (Å²) in [7, 11) is 0. The minimum atomic E-state index is -1.34. The summed E-state index contributed by atoms with van der Waals surface area (Å²) in [4.78, 5) is 26.4. The highest BCUT2D eigenvalue weighted by Crippen LogP contribution is 2.33. The first-order chi connectivity index (χ1) is 11.0. The fourth-order valence-corrected chi connectivity index (χ4v) is 3.83. The molecular formula is C15H15N2O4S2-. The van der Waals surface area contributed by atoms with Crippen molar-refractivity contribution in [2.45, 2.75) is 19.3 Å². The minimum absolute atomic E-state index is 0.216. The van der Waals surface area contributed by atoms with Gasteiger partial charge in [0.05, 0.1) is 17.4 Å². The SMILES string of the molecule is O=C([O-])CN1C(=O)/C(=C/c2ccc(N3CCCCC3)o2)SC1=S. The smallest absolute Gasteiger partial charge is 0.266 e. The van der Waals surface area contributed by atoms with Gasteiger partial charge in [0, 0.05) is 25.2 Å². The van der Waals surface area contributed by atoms with Crippen LogP contribution in [-0.2, 0) is 9.59 Å². The number of amides is 1. The maximum absolute atomic E-state index is 12.2.